The van der Waals surface area contributed by atoms with E-state index in [4.69, 9.17) is 0 Å². The van der Waals surface area contributed by atoms with E-state index < -0.39 is 0 Å². The predicted molar refractivity (Wildman–Crippen MR) is 73.6 cm³/mol. The standard InChI is InChI=1S/C15H20N2O/c1-11(2)10-17(3)15(18)13-5-4-12-6-7-16-9-14(12)8-13/h4-5,8,16H,1,6-7,9-10H2,2-3H3. The van der Waals surface area contributed by atoms with Gasteiger partial charge in [0.25, 0.3) is 5.91 Å². The Hall–Kier alpha value is -1.61. The molecule has 2 rings (SSSR count). The number of nitrogens with zero attached hydrogens (tertiary/aromatic N) is 1. The lowest BCUT2D eigenvalue weighted by atomic mass is 9.98. The van der Waals surface area contributed by atoms with Crippen LogP contribution in [0.5, 0.6) is 0 Å². The highest BCUT2D eigenvalue weighted by Gasteiger charge is 2.15. The van der Waals surface area contributed by atoms with Crippen LogP contribution >= 0.6 is 0 Å². The molecule has 0 aromatic heterocycles. The molecule has 0 saturated carbocycles. The van der Waals surface area contributed by atoms with Crippen LogP contribution in [0.4, 0.5) is 0 Å². The van der Waals surface area contributed by atoms with E-state index in [1.54, 1.807) is 4.90 Å². The lowest BCUT2D eigenvalue weighted by Gasteiger charge is -2.20. The zero-order chi connectivity index (χ0) is 13.1. The third-order valence-electron chi connectivity index (χ3n) is 3.19. The number of hydrogen-bond acceptors (Lipinski definition) is 2. The monoisotopic (exact) mass is 244 g/mol. The molecule has 1 aliphatic heterocycles. The molecule has 96 valence electrons. The van der Waals surface area contributed by atoms with Crippen molar-refractivity contribution in [3.05, 3.63) is 47.0 Å². The molecule has 0 unspecified atom stereocenters. The summed E-state index contributed by atoms with van der Waals surface area (Å²) in [5.74, 6) is 0.0615. The van der Waals surface area contributed by atoms with Crippen molar-refractivity contribution in [3.63, 3.8) is 0 Å². The number of nitrogens with one attached hydrogen (secondary N) is 1. The van der Waals surface area contributed by atoms with Gasteiger partial charge in [0.1, 0.15) is 0 Å². The minimum atomic E-state index is 0.0615. The van der Waals surface area contributed by atoms with Gasteiger partial charge in [-0.2, -0.15) is 0 Å². The van der Waals surface area contributed by atoms with Crippen LogP contribution in [-0.2, 0) is 13.0 Å². The molecule has 1 N–H and O–H groups in total. The Labute approximate surface area is 108 Å². The van der Waals surface area contributed by atoms with Crippen molar-refractivity contribution < 1.29 is 4.79 Å². The summed E-state index contributed by atoms with van der Waals surface area (Å²) in [6.07, 6.45) is 1.05. The summed E-state index contributed by atoms with van der Waals surface area (Å²) in [7, 11) is 1.81. The number of benzene rings is 1. The van der Waals surface area contributed by atoms with E-state index in [0.717, 1.165) is 30.6 Å². The largest absolute Gasteiger partial charge is 0.338 e. The first-order valence-electron chi connectivity index (χ1n) is 6.30. The second-order valence-corrected chi connectivity index (χ2v) is 5.03. The maximum absolute atomic E-state index is 12.2. The highest BCUT2D eigenvalue weighted by molar-refractivity contribution is 5.94. The first-order chi connectivity index (χ1) is 8.58. The third-order valence-corrected chi connectivity index (χ3v) is 3.19. The lowest BCUT2D eigenvalue weighted by molar-refractivity contribution is 0.0807. The predicted octanol–water partition coefficient (Wildman–Crippen LogP) is 1.98. The Morgan fingerprint density at radius 3 is 2.94 bits per heavy atom. The van der Waals surface area contributed by atoms with Crippen molar-refractivity contribution in [1.29, 1.82) is 0 Å². The molecule has 1 aliphatic rings. The average molecular weight is 244 g/mol. The summed E-state index contributed by atoms with van der Waals surface area (Å²) in [6.45, 7) is 8.26. The first kappa shape index (κ1) is 12.8. The van der Waals surface area contributed by atoms with Gasteiger partial charge in [-0.1, -0.05) is 18.2 Å². The molecule has 0 fully saturated rings. The molecule has 3 nitrogen and oxygen atoms in total. The molecule has 1 aromatic rings. The number of hydrogen-bond donors (Lipinski definition) is 1. The molecule has 0 aliphatic carbocycles. The summed E-state index contributed by atoms with van der Waals surface area (Å²) in [5.41, 5.74) is 4.36. The van der Waals surface area contributed by atoms with Gasteiger partial charge in [0.05, 0.1) is 0 Å². The van der Waals surface area contributed by atoms with Gasteiger partial charge in [0.15, 0.2) is 0 Å². The zero-order valence-corrected chi connectivity index (χ0v) is 11.1. The van der Waals surface area contributed by atoms with Gasteiger partial charge in [0.2, 0.25) is 0 Å². The number of fused-ring (bicyclic) bond motifs is 1. The number of carbonyl (C=O) groups is 1. The summed E-state index contributed by atoms with van der Waals surface area (Å²) in [4.78, 5) is 13.9. The quantitative estimate of drug-likeness (QED) is 0.825. The van der Waals surface area contributed by atoms with Crippen LogP contribution < -0.4 is 5.32 Å². The fraction of sp³-hybridized carbons (Fsp3) is 0.400. The van der Waals surface area contributed by atoms with E-state index in [-0.39, 0.29) is 5.91 Å². The van der Waals surface area contributed by atoms with Crippen molar-refractivity contribution in [2.75, 3.05) is 20.1 Å². The highest BCUT2D eigenvalue weighted by Crippen LogP contribution is 2.17. The fourth-order valence-electron chi connectivity index (χ4n) is 2.31. The number of carbonyl (C=O) groups excluding carboxylic acids is 1. The van der Waals surface area contributed by atoms with E-state index in [1.165, 1.54) is 11.1 Å². The van der Waals surface area contributed by atoms with Crippen LogP contribution in [0.1, 0.15) is 28.4 Å². The Morgan fingerprint density at radius 1 is 1.44 bits per heavy atom. The highest BCUT2D eigenvalue weighted by atomic mass is 16.2. The molecule has 1 amide bonds. The van der Waals surface area contributed by atoms with E-state index in [0.29, 0.717) is 6.54 Å². The molecule has 3 heteroatoms. The number of rotatable bonds is 3. The number of likely N-dealkylation sites (N-methyl/N-ethyl adjacent to an activating group) is 1. The van der Waals surface area contributed by atoms with Crippen molar-refractivity contribution in [2.24, 2.45) is 0 Å². The maximum atomic E-state index is 12.2. The second kappa shape index (κ2) is 5.36. The molecule has 0 radical (unpaired) electrons. The van der Waals surface area contributed by atoms with E-state index in [1.807, 2.05) is 26.1 Å². The van der Waals surface area contributed by atoms with E-state index in [2.05, 4.69) is 18.0 Å². The van der Waals surface area contributed by atoms with Crippen molar-refractivity contribution in [2.45, 2.75) is 19.9 Å². The van der Waals surface area contributed by atoms with Crippen molar-refractivity contribution in [1.82, 2.24) is 10.2 Å². The SMILES string of the molecule is C=C(C)CN(C)C(=O)c1ccc2c(c1)CNCC2. The average Bonchev–Trinajstić information content (AvgIpc) is 2.36. The van der Waals surface area contributed by atoms with Gasteiger partial charge in [-0.3, -0.25) is 4.79 Å². The smallest absolute Gasteiger partial charge is 0.253 e. The van der Waals surface area contributed by atoms with Gasteiger partial charge in [0, 0.05) is 25.7 Å². The normalized spacial score (nSPS) is 13.9. The van der Waals surface area contributed by atoms with Crippen LogP contribution in [0.25, 0.3) is 0 Å². The Balaban J connectivity index is 2.18. The zero-order valence-electron chi connectivity index (χ0n) is 11.1. The molecule has 0 bridgehead atoms. The maximum Gasteiger partial charge on any atom is 0.253 e. The molecule has 1 aromatic carbocycles. The summed E-state index contributed by atoms with van der Waals surface area (Å²) < 4.78 is 0. The molecular weight excluding hydrogens is 224 g/mol. The molecule has 0 spiro atoms. The van der Waals surface area contributed by atoms with Crippen molar-refractivity contribution in [3.8, 4) is 0 Å². The first-order valence-corrected chi connectivity index (χ1v) is 6.30. The molecular formula is C15H20N2O. The van der Waals surface area contributed by atoms with Crippen LogP contribution in [0, 0.1) is 0 Å². The summed E-state index contributed by atoms with van der Waals surface area (Å²) in [5, 5.41) is 3.33. The van der Waals surface area contributed by atoms with E-state index >= 15 is 0 Å². The van der Waals surface area contributed by atoms with Gasteiger partial charge in [-0.05, 0) is 43.1 Å². The lowest BCUT2D eigenvalue weighted by Crippen LogP contribution is -2.29. The van der Waals surface area contributed by atoms with Gasteiger partial charge in [-0.25, -0.2) is 0 Å². The van der Waals surface area contributed by atoms with Crippen molar-refractivity contribution >= 4 is 5.91 Å². The molecule has 0 saturated heterocycles. The van der Waals surface area contributed by atoms with Gasteiger partial charge in [-0.15, -0.1) is 0 Å². The Kier molecular flexibility index (Phi) is 3.82. The van der Waals surface area contributed by atoms with Crippen LogP contribution in [0.3, 0.4) is 0 Å². The summed E-state index contributed by atoms with van der Waals surface area (Å²) >= 11 is 0. The minimum absolute atomic E-state index is 0.0615. The fourth-order valence-corrected chi connectivity index (χ4v) is 2.31. The van der Waals surface area contributed by atoms with Crippen LogP contribution in [0.2, 0.25) is 0 Å². The van der Waals surface area contributed by atoms with Crippen LogP contribution in [-0.4, -0.2) is 30.9 Å². The molecule has 0 atom stereocenters. The topological polar surface area (TPSA) is 32.3 Å². The van der Waals surface area contributed by atoms with Crippen LogP contribution in [0.15, 0.2) is 30.4 Å². The summed E-state index contributed by atoms with van der Waals surface area (Å²) in [6, 6.07) is 6.03. The molecule has 1 heterocycles. The van der Waals surface area contributed by atoms with E-state index in [9.17, 15) is 4.79 Å². The third kappa shape index (κ3) is 2.79. The Morgan fingerprint density at radius 2 is 2.22 bits per heavy atom. The second-order valence-electron chi connectivity index (χ2n) is 5.03. The minimum Gasteiger partial charge on any atom is -0.338 e. The van der Waals surface area contributed by atoms with Gasteiger partial charge >= 0.3 is 0 Å². The number of amides is 1. The van der Waals surface area contributed by atoms with Gasteiger partial charge < -0.3 is 10.2 Å². The Bertz CT molecular complexity index is 479. The molecule has 18 heavy (non-hydrogen) atoms.